The fourth-order valence-corrected chi connectivity index (χ4v) is 1.36. The van der Waals surface area contributed by atoms with Crippen LogP contribution in [0, 0.1) is 0 Å². The van der Waals surface area contributed by atoms with Crippen molar-refractivity contribution in [3.63, 3.8) is 0 Å². The summed E-state index contributed by atoms with van der Waals surface area (Å²) < 4.78 is 36.2. The van der Waals surface area contributed by atoms with Crippen LogP contribution in [0.4, 0.5) is 13.2 Å². The summed E-state index contributed by atoms with van der Waals surface area (Å²) >= 11 is 0. The van der Waals surface area contributed by atoms with Crippen molar-refractivity contribution in [2.75, 3.05) is 13.6 Å². The summed E-state index contributed by atoms with van der Waals surface area (Å²) in [6.45, 7) is -0.0353. The zero-order valence-corrected chi connectivity index (χ0v) is 8.91. The molecule has 0 radical (unpaired) electrons. The molecular formula is C11H14F3NO. The zero-order valence-electron chi connectivity index (χ0n) is 8.91. The molecule has 5 heteroatoms. The van der Waals surface area contributed by atoms with Crippen LogP contribution in [0.25, 0.3) is 0 Å². The third-order valence-corrected chi connectivity index (χ3v) is 2.16. The van der Waals surface area contributed by atoms with Crippen molar-refractivity contribution in [2.24, 2.45) is 0 Å². The minimum absolute atomic E-state index is 0.383. The summed E-state index contributed by atoms with van der Waals surface area (Å²) in [5.74, 6) is 0. The first-order valence-electron chi connectivity index (χ1n) is 4.87. The smallest absolute Gasteiger partial charge is 0.382 e. The number of hydrogen-bond acceptors (Lipinski definition) is 2. The summed E-state index contributed by atoms with van der Waals surface area (Å²) in [5.41, 5.74) is 0.916. The van der Waals surface area contributed by atoms with E-state index in [9.17, 15) is 13.2 Å². The molecule has 0 aliphatic rings. The number of aliphatic hydroxyl groups is 1. The average Bonchev–Trinajstić information content (AvgIpc) is 2.17. The van der Waals surface area contributed by atoms with E-state index >= 15 is 0 Å². The van der Waals surface area contributed by atoms with Crippen LogP contribution in [0.3, 0.4) is 0 Å². The molecule has 0 aromatic heterocycles. The summed E-state index contributed by atoms with van der Waals surface area (Å²) in [7, 11) is 1.54. The molecule has 0 unspecified atom stereocenters. The molecular weight excluding hydrogens is 219 g/mol. The number of halogens is 3. The van der Waals surface area contributed by atoms with Crippen LogP contribution < -0.4 is 0 Å². The van der Waals surface area contributed by atoms with Gasteiger partial charge in [-0.1, -0.05) is 30.3 Å². The normalized spacial score (nSPS) is 14.1. The molecule has 0 amide bonds. The minimum Gasteiger partial charge on any atom is -0.382 e. The van der Waals surface area contributed by atoms with Crippen molar-refractivity contribution in [1.82, 2.24) is 4.90 Å². The van der Waals surface area contributed by atoms with E-state index in [1.165, 1.54) is 4.90 Å². The van der Waals surface area contributed by atoms with Crippen LogP contribution in [0.2, 0.25) is 0 Å². The van der Waals surface area contributed by atoms with Gasteiger partial charge in [0.05, 0.1) is 0 Å². The van der Waals surface area contributed by atoms with E-state index in [-0.39, 0.29) is 0 Å². The van der Waals surface area contributed by atoms with Gasteiger partial charge in [0.2, 0.25) is 0 Å². The monoisotopic (exact) mass is 233 g/mol. The van der Waals surface area contributed by atoms with E-state index in [1.54, 1.807) is 7.05 Å². The van der Waals surface area contributed by atoms with Crippen LogP contribution in [-0.4, -0.2) is 35.9 Å². The SMILES string of the molecule is CN(Cc1ccccc1)C[C@@H](O)C(F)(F)F. The molecule has 0 spiro atoms. The molecule has 0 saturated carbocycles. The number of likely N-dealkylation sites (N-methyl/N-ethyl adjacent to an activating group) is 1. The average molecular weight is 233 g/mol. The van der Waals surface area contributed by atoms with Gasteiger partial charge in [0.25, 0.3) is 0 Å². The van der Waals surface area contributed by atoms with Gasteiger partial charge in [0.15, 0.2) is 6.10 Å². The molecule has 0 aliphatic heterocycles. The number of alkyl halides is 3. The maximum Gasteiger partial charge on any atom is 0.415 e. The van der Waals surface area contributed by atoms with Crippen LogP contribution in [0.5, 0.6) is 0 Å². The van der Waals surface area contributed by atoms with E-state index in [0.29, 0.717) is 6.54 Å². The lowest BCUT2D eigenvalue weighted by molar-refractivity contribution is -0.207. The predicted octanol–water partition coefficient (Wildman–Crippen LogP) is 2.04. The Labute approximate surface area is 92.3 Å². The summed E-state index contributed by atoms with van der Waals surface area (Å²) in [4.78, 5) is 1.44. The standard InChI is InChI=1S/C11H14F3NO/c1-15(8-10(16)11(12,13)14)7-9-5-3-2-4-6-9/h2-6,10,16H,7-8H2,1H3/t10-/m1/s1. The molecule has 0 aliphatic carbocycles. The number of rotatable bonds is 4. The highest BCUT2D eigenvalue weighted by Crippen LogP contribution is 2.20. The highest BCUT2D eigenvalue weighted by molar-refractivity contribution is 5.14. The Bertz CT molecular complexity index is 313. The van der Waals surface area contributed by atoms with Gasteiger partial charge in [0, 0.05) is 13.1 Å². The maximum atomic E-state index is 12.1. The topological polar surface area (TPSA) is 23.5 Å². The Balaban J connectivity index is 2.45. The van der Waals surface area contributed by atoms with Gasteiger partial charge in [0.1, 0.15) is 0 Å². The van der Waals surface area contributed by atoms with Gasteiger partial charge in [-0.3, -0.25) is 4.90 Å². The molecule has 0 bridgehead atoms. The van der Waals surface area contributed by atoms with E-state index in [1.807, 2.05) is 30.3 Å². The van der Waals surface area contributed by atoms with Crippen molar-refractivity contribution < 1.29 is 18.3 Å². The molecule has 1 N–H and O–H groups in total. The van der Waals surface area contributed by atoms with Crippen LogP contribution in [-0.2, 0) is 6.54 Å². The minimum atomic E-state index is -4.55. The first-order valence-corrected chi connectivity index (χ1v) is 4.87. The Morgan fingerprint density at radius 2 is 1.81 bits per heavy atom. The zero-order chi connectivity index (χ0) is 12.2. The Morgan fingerprint density at radius 3 is 2.31 bits per heavy atom. The third kappa shape index (κ3) is 4.20. The third-order valence-electron chi connectivity index (χ3n) is 2.16. The van der Waals surface area contributed by atoms with Crippen molar-refractivity contribution >= 4 is 0 Å². The molecule has 16 heavy (non-hydrogen) atoms. The molecule has 0 heterocycles. The Kier molecular flexibility index (Phi) is 4.32. The highest BCUT2D eigenvalue weighted by atomic mass is 19.4. The first-order chi connectivity index (χ1) is 7.39. The first kappa shape index (κ1) is 13.0. The molecule has 1 atom stereocenters. The van der Waals surface area contributed by atoms with Gasteiger partial charge in [-0.2, -0.15) is 13.2 Å². The summed E-state index contributed by atoms with van der Waals surface area (Å²) in [6, 6.07) is 9.15. The second kappa shape index (κ2) is 5.32. The molecule has 1 aromatic rings. The molecule has 2 nitrogen and oxygen atoms in total. The van der Waals surface area contributed by atoms with Crippen LogP contribution in [0.15, 0.2) is 30.3 Å². The van der Waals surface area contributed by atoms with Gasteiger partial charge in [-0.05, 0) is 12.6 Å². The van der Waals surface area contributed by atoms with E-state index in [4.69, 9.17) is 5.11 Å². The van der Waals surface area contributed by atoms with Gasteiger partial charge >= 0.3 is 6.18 Å². The van der Waals surface area contributed by atoms with E-state index < -0.39 is 18.8 Å². The summed E-state index contributed by atoms with van der Waals surface area (Å²) in [5, 5.41) is 8.87. The van der Waals surface area contributed by atoms with Gasteiger partial charge < -0.3 is 5.11 Å². The molecule has 1 aromatic carbocycles. The summed E-state index contributed by atoms with van der Waals surface area (Å²) in [6.07, 6.45) is -6.84. The van der Waals surface area contributed by atoms with Gasteiger partial charge in [-0.25, -0.2) is 0 Å². The number of hydrogen-bond donors (Lipinski definition) is 1. The van der Waals surface area contributed by atoms with Gasteiger partial charge in [-0.15, -0.1) is 0 Å². The lowest BCUT2D eigenvalue weighted by atomic mass is 10.2. The van der Waals surface area contributed by atoms with Crippen LogP contribution in [0.1, 0.15) is 5.56 Å². The van der Waals surface area contributed by atoms with Crippen molar-refractivity contribution in [3.8, 4) is 0 Å². The fourth-order valence-electron chi connectivity index (χ4n) is 1.36. The van der Waals surface area contributed by atoms with Crippen molar-refractivity contribution in [1.29, 1.82) is 0 Å². The largest absolute Gasteiger partial charge is 0.415 e. The second-order valence-electron chi connectivity index (χ2n) is 3.74. The van der Waals surface area contributed by atoms with E-state index in [0.717, 1.165) is 5.56 Å². The second-order valence-corrected chi connectivity index (χ2v) is 3.74. The predicted molar refractivity (Wildman–Crippen MR) is 54.8 cm³/mol. The molecule has 0 fully saturated rings. The fraction of sp³-hybridized carbons (Fsp3) is 0.455. The maximum absolute atomic E-state index is 12.1. The van der Waals surface area contributed by atoms with Crippen molar-refractivity contribution in [3.05, 3.63) is 35.9 Å². The number of benzene rings is 1. The highest BCUT2D eigenvalue weighted by Gasteiger charge is 2.38. The van der Waals surface area contributed by atoms with E-state index in [2.05, 4.69) is 0 Å². The lowest BCUT2D eigenvalue weighted by Crippen LogP contribution is -2.39. The quantitative estimate of drug-likeness (QED) is 0.860. The Morgan fingerprint density at radius 1 is 1.25 bits per heavy atom. The Hall–Kier alpha value is -1.07. The molecule has 90 valence electrons. The number of nitrogens with zero attached hydrogens (tertiary/aromatic N) is 1. The van der Waals surface area contributed by atoms with Crippen LogP contribution >= 0.6 is 0 Å². The number of aliphatic hydroxyl groups excluding tert-OH is 1. The lowest BCUT2D eigenvalue weighted by Gasteiger charge is -2.22. The molecule has 0 saturated heterocycles. The van der Waals surface area contributed by atoms with Crippen molar-refractivity contribution in [2.45, 2.75) is 18.8 Å². The molecule has 1 rings (SSSR count).